The van der Waals surface area contributed by atoms with E-state index in [2.05, 4.69) is 26.2 Å². The van der Waals surface area contributed by atoms with E-state index in [1.807, 2.05) is 11.4 Å². The summed E-state index contributed by atoms with van der Waals surface area (Å²) in [5, 5.41) is 5.65. The van der Waals surface area contributed by atoms with E-state index in [0.29, 0.717) is 18.5 Å². The van der Waals surface area contributed by atoms with Crippen molar-refractivity contribution in [3.05, 3.63) is 34.4 Å². The van der Waals surface area contributed by atoms with Gasteiger partial charge in [-0.2, -0.15) is 13.2 Å². The first-order valence-corrected chi connectivity index (χ1v) is 8.03. The van der Waals surface area contributed by atoms with Gasteiger partial charge in [0.2, 0.25) is 0 Å². The standard InChI is InChI=1S/C15H14BrF3N4O/c16-9-1-2-10-11(14(24)22-8-15(17,18)19)6-23(12(10)5-9)7-13-20-3-4-21-13/h1-2,5-6H,3-4,7-8H2,(H,20,21)(H,22,24). The molecule has 9 heteroatoms. The van der Waals surface area contributed by atoms with Crippen molar-refractivity contribution in [1.29, 1.82) is 0 Å². The average molecular weight is 403 g/mol. The Kier molecular flexibility index (Phi) is 4.53. The lowest BCUT2D eigenvalue weighted by Gasteiger charge is -2.07. The zero-order valence-corrected chi connectivity index (χ0v) is 14.0. The first kappa shape index (κ1) is 16.8. The van der Waals surface area contributed by atoms with Crippen molar-refractivity contribution in [2.24, 2.45) is 4.99 Å². The predicted octanol–water partition coefficient (Wildman–Crippen LogP) is 2.70. The Bertz CT molecular complexity index is 813. The summed E-state index contributed by atoms with van der Waals surface area (Å²) in [4.78, 5) is 16.5. The van der Waals surface area contributed by atoms with Crippen LogP contribution in [0.5, 0.6) is 0 Å². The first-order valence-electron chi connectivity index (χ1n) is 7.24. The fourth-order valence-electron chi connectivity index (χ4n) is 2.57. The predicted molar refractivity (Wildman–Crippen MR) is 88.3 cm³/mol. The summed E-state index contributed by atoms with van der Waals surface area (Å²) in [6.07, 6.45) is -2.88. The summed E-state index contributed by atoms with van der Waals surface area (Å²) in [6, 6.07) is 5.28. The number of amidine groups is 1. The van der Waals surface area contributed by atoms with Crippen molar-refractivity contribution in [1.82, 2.24) is 15.2 Å². The lowest BCUT2D eigenvalue weighted by Crippen LogP contribution is -2.33. The summed E-state index contributed by atoms with van der Waals surface area (Å²) in [7, 11) is 0. The molecule has 0 fully saturated rings. The van der Waals surface area contributed by atoms with Crippen molar-refractivity contribution in [2.45, 2.75) is 12.7 Å². The number of hydrogen-bond acceptors (Lipinski definition) is 3. The monoisotopic (exact) mass is 402 g/mol. The highest BCUT2D eigenvalue weighted by molar-refractivity contribution is 9.10. The zero-order valence-electron chi connectivity index (χ0n) is 12.5. The molecule has 0 bridgehead atoms. The van der Waals surface area contributed by atoms with Crippen LogP contribution in [0.4, 0.5) is 13.2 Å². The summed E-state index contributed by atoms with van der Waals surface area (Å²) < 4.78 is 39.6. The van der Waals surface area contributed by atoms with Gasteiger partial charge in [0.15, 0.2) is 0 Å². The summed E-state index contributed by atoms with van der Waals surface area (Å²) in [5.74, 6) is 0.0360. The van der Waals surface area contributed by atoms with E-state index in [1.54, 1.807) is 22.9 Å². The molecule has 0 unspecified atom stereocenters. The maximum absolute atomic E-state index is 12.3. The Labute approximate surface area is 144 Å². The highest BCUT2D eigenvalue weighted by atomic mass is 79.9. The summed E-state index contributed by atoms with van der Waals surface area (Å²) in [6.45, 7) is 0.525. The molecule has 1 amide bonds. The molecule has 0 saturated heterocycles. The largest absolute Gasteiger partial charge is 0.405 e. The van der Waals surface area contributed by atoms with E-state index >= 15 is 0 Å². The zero-order chi connectivity index (χ0) is 17.3. The van der Waals surface area contributed by atoms with E-state index in [4.69, 9.17) is 0 Å². The number of hydrogen-bond donors (Lipinski definition) is 2. The van der Waals surface area contributed by atoms with E-state index in [-0.39, 0.29) is 5.56 Å². The number of halogens is 4. The number of aliphatic imine (C=N–C) groups is 1. The molecule has 1 aliphatic rings. The number of carbonyl (C=O) groups excluding carboxylic acids is 1. The first-order chi connectivity index (χ1) is 11.3. The molecule has 1 aromatic carbocycles. The summed E-state index contributed by atoms with van der Waals surface area (Å²) in [5.41, 5.74) is 0.957. The van der Waals surface area contributed by atoms with Gasteiger partial charge in [0.1, 0.15) is 12.4 Å². The Balaban J connectivity index is 1.94. The molecule has 0 spiro atoms. The molecule has 1 aromatic heterocycles. The Morgan fingerprint density at radius 1 is 1.42 bits per heavy atom. The molecule has 0 aliphatic carbocycles. The molecular formula is C15H14BrF3N4O. The number of carbonyl (C=O) groups is 1. The molecule has 2 heterocycles. The normalized spacial score (nSPS) is 14.6. The van der Waals surface area contributed by atoms with Crippen molar-refractivity contribution >= 4 is 38.6 Å². The third kappa shape index (κ3) is 3.72. The minimum Gasteiger partial charge on any atom is -0.370 e. The van der Waals surface area contributed by atoms with E-state index in [0.717, 1.165) is 22.4 Å². The number of amides is 1. The van der Waals surface area contributed by atoms with Gasteiger partial charge < -0.3 is 15.2 Å². The number of fused-ring (bicyclic) bond motifs is 1. The maximum Gasteiger partial charge on any atom is 0.405 e. The molecular weight excluding hydrogens is 389 g/mol. The molecule has 0 saturated carbocycles. The number of benzene rings is 1. The Hall–Kier alpha value is -2.03. The van der Waals surface area contributed by atoms with Crippen LogP contribution < -0.4 is 10.6 Å². The van der Waals surface area contributed by atoms with Crippen LogP contribution in [-0.4, -0.2) is 42.1 Å². The quantitative estimate of drug-likeness (QED) is 0.825. The highest BCUT2D eigenvalue weighted by Crippen LogP contribution is 2.25. The molecule has 1 aliphatic heterocycles. The Morgan fingerprint density at radius 3 is 2.88 bits per heavy atom. The van der Waals surface area contributed by atoms with Crippen molar-refractivity contribution in [3.63, 3.8) is 0 Å². The van der Waals surface area contributed by atoms with Gasteiger partial charge in [-0.25, -0.2) is 0 Å². The number of rotatable bonds is 4. The summed E-state index contributed by atoms with van der Waals surface area (Å²) >= 11 is 3.37. The molecule has 2 N–H and O–H groups in total. The average Bonchev–Trinajstić information content (AvgIpc) is 3.13. The second-order valence-electron chi connectivity index (χ2n) is 5.39. The SMILES string of the molecule is O=C(NCC(F)(F)F)c1cn(CC2=NCCN2)c2cc(Br)ccc12. The molecule has 0 atom stereocenters. The van der Waals surface area contributed by atoms with Gasteiger partial charge in [-0.15, -0.1) is 0 Å². The van der Waals surface area contributed by atoms with Gasteiger partial charge in [0, 0.05) is 22.6 Å². The third-order valence-corrected chi connectivity index (χ3v) is 4.10. The van der Waals surface area contributed by atoms with Gasteiger partial charge >= 0.3 is 6.18 Å². The van der Waals surface area contributed by atoms with E-state index in [1.165, 1.54) is 0 Å². The van der Waals surface area contributed by atoms with Gasteiger partial charge in [-0.05, 0) is 12.1 Å². The number of nitrogens with one attached hydrogen (secondary N) is 2. The molecule has 3 rings (SSSR count). The lowest BCUT2D eigenvalue weighted by molar-refractivity contribution is -0.123. The fourth-order valence-corrected chi connectivity index (χ4v) is 2.92. The fraction of sp³-hybridized carbons (Fsp3) is 0.333. The van der Waals surface area contributed by atoms with Crippen LogP contribution in [0.1, 0.15) is 10.4 Å². The van der Waals surface area contributed by atoms with Crippen LogP contribution >= 0.6 is 15.9 Å². The molecule has 2 aromatic rings. The number of alkyl halides is 3. The topological polar surface area (TPSA) is 58.4 Å². The smallest absolute Gasteiger partial charge is 0.370 e. The molecule has 128 valence electrons. The highest BCUT2D eigenvalue weighted by Gasteiger charge is 2.28. The van der Waals surface area contributed by atoms with Crippen LogP contribution in [0, 0.1) is 0 Å². The number of aromatic nitrogens is 1. The van der Waals surface area contributed by atoms with Crippen LogP contribution in [0.3, 0.4) is 0 Å². The second kappa shape index (κ2) is 6.46. The lowest BCUT2D eigenvalue weighted by atomic mass is 10.1. The third-order valence-electron chi connectivity index (χ3n) is 3.60. The minimum absolute atomic E-state index is 0.209. The Morgan fingerprint density at radius 2 is 2.21 bits per heavy atom. The van der Waals surface area contributed by atoms with Crippen LogP contribution in [0.15, 0.2) is 33.9 Å². The molecule has 5 nitrogen and oxygen atoms in total. The van der Waals surface area contributed by atoms with Crippen molar-refractivity contribution in [3.8, 4) is 0 Å². The van der Waals surface area contributed by atoms with E-state index in [9.17, 15) is 18.0 Å². The number of nitrogens with zero attached hydrogens (tertiary/aromatic N) is 2. The maximum atomic E-state index is 12.3. The van der Waals surface area contributed by atoms with Crippen LogP contribution in [0.2, 0.25) is 0 Å². The molecule has 0 radical (unpaired) electrons. The van der Waals surface area contributed by atoms with Gasteiger partial charge in [0.05, 0.1) is 24.2 Å². The van der Waals surface area contributed by atoms with Gasteiger partial charge in [-0.1, -0.05) is 22.0 Å². The second-order valence-corrected chi connectivity index (χ2v) is 6.30. The van der Waals surface area contributed by atoms with Gasteiger partial charge in [-0.3, -0.25) is 9.79 Å². The minimum atomic E-state index is -4.44. The van der Waals surface area contributed by atoms with Crippen molar-refractivity contribution < 1.29 is 18.0 Å². The van der Waals surface area contributed by atoms with Gasteiger partial charge in [0.25, 0.3) is 5.91 Å². The van der Waals surface area contributed by atoms with Crippen molar-refractivity contribution in [2.75, 3.05) is 19.6 Å². The molecule has 24 heavy (non-hydrogen) atoms. The van der Waals surface area contributed by atoms with Crippen LogP contribution in [-0.2, 0) is 6.54 Å². The van der Waals surface area contributed by atoms with E-state index < -0.39 is 18.6 Å². The van der Waals surface area contributed by atoms with Crippen LogP contribution in [0.25, 0.3) is 10.9 Å².